The Labute approximate surface area is 112 Å². The summed E-state index contributed by atoms with van der Waals surface area (Å²) in [6, 6.07) is 9.44. The van der Waals surface area contributed by atoms with Crippen LogP contribution in [0.5, 0.6) is 0 Å². The summed E-state index contributed by atoms with van der Waals surface area (Å²) in [7, 11) is -1.02. The summed E-state index contributed by atoms with van der Waals surface area (Å²) in [5.74, 6) is 0.449. The third-order valence-electron chi connectivity index (χ3n) is 2.36. The second-order valence-electron chi connectivity index (χ2n) is 3.55. The Balaban J connectivity index is 2.16. The van der Waals surface area contributed by atoms with E-state index < -0.39 is 10.8 Å². The van der Waals surface area contributed by atoms with Crippen molar-refractivity contribution in [3.8, 4) is 0 Å². The van der Waals surface area contributed by atoms with Crippen molar-refractivity contribution in [2.45, 2.75) is 16.5 Å². The molecular formula is C12H12ClNOS2. The second-order valence-corrected chi connectivity index (χ2v) is 6.58. The molecule has 0 aliphatic carbocycles. The quantitative estimate of drug-likeness (QED) is 0.938. The first-order chi connectivity index (χ1) is 8.20. The smallest absolute Gasteiger partial charge is 0.0913 e. The van der Waals surface area contributed by atoms with Crippen LogP contribution in [-0.4, -0.2) is 4.21 Å². The molecule has 17 heavy (non-hydrogen) atoms. The minimum absolute atomic E-state index is 0.449. The van der Waals surface area contributed by atoms with Crippen LogP contribution in [0.3, 0.4) is 0 Å². The number of benzene rings is 1. The van der Waals surface area contributed by atoms with E-state index >= 15 is 0 Å². The van der Waals surface area contributed by atoms with Crippen LogP contribution in [0.2, 0.25) is 5.02 Å². The van der Waals surface area contributed by atoms with Crippen LogP contribution in [0, 0.1) is 0 Å². The molecule has 0 aliphatic rings. The number of hydrogen-bond acceptors (Lipinski definition) is 3. The van der Waals surface area contributed by atoms with Gasteiger partial charge >= 0.3 is 0 Å². The van der Waals surface area contributed by atoms with Gasteiger partial charge in [0.05, 0.1) is 20.8 Å². The van der Waals surface area contributed by atoms with Gasteiger partial charge in [-0.25, -0.2) is 0 Å². The molecule has 1 aromatic carbocycles. The van der Waals surface area contributed by atoms with Gasteiger partial charge in [-0.05, 0) is 28.6 Å². The summed E-state index contributed by atoms with van der Waals surface area (Å²) in [4.78, 5) is 0. The molecule has 2 aromatic rings. The minimum atomic E-state index is -1.02. The zero-order chi connectivity index (χ0) is 12.3. The lowest BCUT2D eigenvalue weighted by atomic mass is 10.1. The highest BCUT2D eigenvalue weighted by atomic mass is 35.5. The molecule has 90 valence electrons. The molecule has 0 aliphatic heterocycles. The van der Waals surface area contributed by atoms with Crippen molar-refractivity contribution < 1.29 is 4.21 Å². The lowest BCUT2D eigenvalue weighted by Gasteiger charge is -2.05. The van der Waals surface area contributed by atoms with Crippen molar-refractivity contribution in [2.75, 3.05) is 0 Å². The molecule has 1 unspecified atom stereocenters. The van der Waals surface area contributed by atoms with Gasteiger partial charge in [0.15, 0.2) is 0 Å². The lowest BCUT2D eigenvalue weighted by molar-refractivity contribution is 0.684. The fourth-order valence-electron chi connectivity index (χ4n) is 1.44. The first kappa shape index (κ1) is 12.8. The number of nitrogens with two attached hydrogens (primary N) is 1. The van der Waals surface area contributed by atoms with Gasteiger partial charge in [-0.1, -0.05) is 29.8 Å². The highest BCUT2D eigenvalue weighted by Crippen LogP contribution is 2.23. The maximum Gasteiger partial charge on any atom is 0.0913 e. The largest absolute Gasteiger partial charge is 0.326 e. The van der Waals surface area contributed by atoms with Crippen molar-refractivity contribution in [3.63, 3.8) is 0 Å². The van der Waals surface area contributed by atoms with Crippen molar-refractivity contribution in [1.29, 1.82) is 0 Å². The Bertz CT molecular complexity index is 525. The monoisotopic (exact) mass is 285 g/mol. The van der Waals surface area contributed by atoms with Crippen LogP contribution >= 0.6 is 22.9 Å². The Morgan fingerprint density at radius 2 is 2.18 bits per heavy atom. The number of rotatable bonds is 4. The van der Waals surface area contributed by atoms with Crippen LogP contribution in [0.25, 0.3) is 0 Å². The zero-order valence-electron chi connectivity index (χ0n) is 9.06. The summed E-state index contributed by atoms with van der Waals surface area (Å²) < 4.78 is 12.9. The normalized spacial score (nSPS) is 12.6. The first-order valence-electron chi connectivity index (χ1n) is 5.10. The summed E-state index contributed by atoms with van der Waals surface area (Å²) in [5, 5.41) is 2.56. The number of hydrogen-bond donors (Lipinski definition) is 1. The fraction of sp³-hybridized carbons (Fsp3) is 0.167. The van der Waals surface area contributed by atoms with Crippen molar-refractivity contribution in [1.82, 2.24) is 0 Å². The van der Waals surface area contributed by atoms with Gasteiger partial charge in [-0.2, -0.15) is 0 Å². The molecule has 2 N–H and O–H groups in total. The van der Waals surface area contributed by atoms with Crippen molar-refractivity contribution >= 4 is 33.7 Å². The molecule has 0 fully saturated rings. The number of halogens is 1. The Hall–Kier alpha value is -0.680. The van der Waals surface area contributed by atoms with E-state index in [1.165, 1.54) is 11.3 Å². The maximum atomic E-state index is 12.0. The first-order valence-corrected chi connectivity index (χ1v) is 7.67. The molecule has 0 amide bonds. The van der Waals surface area contributed by atoms with Gasteiger partial charge in [0, 0.05) is 11.6 Å². The third kappa shape index (κ3) is 3.16. The summed E-state index contributed by atoms with van der Waals surface area (Å²) >= 11 is 7.63. The summed E-state index contributed by atoms with van der Waals surface area (Å²) in [5.41, 5.74) is 7.42. The highest BCUT2D eigenvalue weighted by molar-refractivity contribution is 7.86. The van der Waals surface area contributed by atoms with Gasteiger partial charge in [0.25, 0.3) is 0 Å². The third-order valence-corrected chi connectivity index (χ3v) is 5.38. The molecule has 2 rings (SSSR count). The minimum Gasteiger partial charge on any atom is -0.326 e. The van der Waals surface area contributed by atoms with E-state index in [1.807, 2.05) is 35.7 Å². The SMILES string of the molecule is NCc1ccc(CS(=O)c2cccs2)c(Cl)c1. The van der Waals surface area contributed by atoms with E-state index in [-0.39, 0.29) is 0 Å². The van der Waals surface area contributed by atoms with Crippen LogP contribution in [0.4, 0.5) is 0 Å². The van der Waals surface area contributed by atoms with E-state index in [2.05, 4.69) is 0 Å². The summed E-state index contributed by atoms with van der Waals surface area (Å²) in [6.45, 7) is 0.466. The summed E-state index contributed by atoms with van der Waals surface area (Å²) in [6.07, 6.45) is 0. The molecule has 0 saturated carbocycles. The molecular weight excluding hydrogens is 274 g/mol. The van der Waals surface area contributed by atoms with Gasteiger partial charge in [-0.3, -0.25) is 4.21 Å². The Kier molecular flexibility index (Phi) is 4.34. The van der Waals surface area contributed by atoms with E-state index in [0.717, 1.165) is 15.3 Å². The van der Waals surface area contributed by atoms with E-state index in [0.29, 0.717) is 17.3 Å². The van der Waals surface area contributed by atoms with Crippen LogP contribution in [0.15, 0.2) is 39.9 Å². The molecule has 0 radical (unpaired) electrons. The number of thiophene rings is 1. The van der Waals surface area contributed by atoms with E-state index in [4.69, 9.17) is 17.3 Å². The van der Waals surface area contributed by atoms with E-state index in [1.54, 1.807) is 0 Å². The average molecular weight is 286 g/mol. The second kappa shape index (κ2) is 5.78. The van der Waals surface area contributed by atoms with Crippen LogP contribution in [0.1, 0.15) is 11.1 Å². The fourth-order valence-corrected chi connectivity index (χ4v) is 3.92. The molecule has 1 aromatic heterocycles. The Morgan fingerprint density at radius 3 is 2.76 bits per heavy atom. The van der Waals surface area contributed by atoms with Gasteiger partial charge in [-0.15, -0.1) is 11.3 Å². The Morgan fingerprint density at radius 1 is 1.35 bits per heavy atom. The van der Waals surface area contributed by atoms with E-state index in [9.17, 15) is 4.21 Å². The predicted octanol–water partition coefficient (Wildman–Crippen LogP) is 3.17. The highest BCUT2D eigenvalue weighted by Gasteiger charge is 2.09. The van der Waals surface area contributed by atoms with Gasteiger partial charge in [0.1, 0.15) is 0 Å². The van der Waals surface area contributed by atoms with Crippen molar-refractivity contribution in [3.05, 3.63) is 51.9 Å². The van der Waals surface area contributed by atoms with Crippen molar-refractivity contribution in [2.24, 2.45) is 5.73 Å². The maximum absolute atomic E-state index is 12.0. The lowest BCUT2D eigenvalue weighted by Crippen LogP contribution is -1.99. The molecule has 2 nitrogen and oxygen atoms in total. The molecule has 5 heteroatoms. The predicted molar refractivity (Wildman–Crippen MR) is 73.8 cm³/mol. The molecule has 1 atom stereocenters. The topological polar surface area (TPSA) is 43.1 Å². The van der Waals surface area contributed by atoms with Gasteiger partial charge in [0.2, 0.25) is 0 Å². The molecule has 0 saturated heterocycles. The van der Waals surface area contributed by atoms with Gasteiger partial charge < -0.3 is 5.73 Å². The van der Waals surface area contributed by atoms with Crippen LogP contribution < -0.4 is 5.73 Å². The molecule has 0 spiro atoms. The molecule has 0 bridgehead atoms. The van der Waals surface area contributed by atoms with Crippen LogP contribution in [-0.2, 0) is 23.1 Å². The standard InChI is InChI=1S/C12H12ClNOS2/c13-11-6-9(7-14)3-4-10(11)8-17(15)12-2-1-5-16-12/h1-6H,7-8,14H2. The molecule has 1 heterocycles. The average Bonchev–Trinajstić information content (AvgIpc) is 2.85. The zero-order valence-corrected chi connectivity index (χ0v) is 11.4.